The zero-order valence-electron chi connectivity index (χ0n) is 13.1. The van der Waals surface area contributed by atoms with Crippen molar-refractivity contribution < 1.29 is 24.2 Å². The number of carbonyl (C=O) groups is 2. The second-order valence-electron chi connectivity index (χ2n) is 5.60. The zero-order chi connectivity index (χ0) is 17.1. The normalized spacial score (nSPS) is 13.4. The first-order chi connectivity index (χ1) is 11.5. The van der Waals surface area contributed by atoms with Gasteiger partial charge in [-0.15, -0.1) is 0 Å². The summed E-state index contributed by atoms with van der Waals surface area (Å²) < 4.78 is 10.6. The van der Waals surface area contributed by atoms with Gasteiger partial charge in [-0.1, -0.05) is 23.8 Å². The van der Waals surface area contributed by atoms with Crippen LogP contribution in [0.4, 0.5) is 0 Å². The summed E-state index contributed by atoms with van der Waals surface area (Å²) in [6.45, 7) is 2.07. The SMILES string of the molecule is Cc1ccc(C(=O)N[C@@H](CC(=O)O)c2ccc3c(c2)OCO3)cc1. The Morgan fingerprint density at radius 1 is 1.12 bits per heavy atom. The van der Waals surface area contributed by atoms with Crippen molar-refractivity contribution in [1.82, 2.24) is 5.32 Å². The van der Waals surface area contributed by atoms with Crippen molar-refractivity contribution in [2.45, 2.75) is 19.4 Å². The van der Waals surface area contributed by atoms with Crippen LogP contribution in [-0.2, 0) is 4.79 Å². The number of carboxylic acids is 1. The van der Waals surface area contributed by atoms with Crippen LogP contribution >= 0.6 is 0 Å². The van der Waals surface area contributed by atoms with Crippen molar-refractivity contribution in [3.8, 4) is 11.5 Å². The van der Waals surface area contributed by atoms with Crippen molar-refractivity contribution in [2.24, 2.45) is 0 Å². The van der Waals surface area contributed by atoms with Gasteiger partial charge in [0.05, 0.1) is 12.5 Å². The third kappa shape index (κ3) is 3.48. The average molecular weight is 327 g/mol. The molecule has 1 aliphatic rings. The Morgan fingerprint density at radius 2 is 1.83 bits per heavy atom. The molecule has 0 fully saturated rings. The first-order valence-corrected chi connectivity index (χ1v) is 7.52. The predicted octanol–water partition coefficient (Wildman–Crippen LogP) is 2.67. The summed E-state index contributed by atoms with van der Waals surface area (Å²) in [5.41, 5.74) is 2.18. The highest BCUT2D eigenvalue weighted by molar-refractivity contribution is 5.94. The predicted molar refractivity (Wildman–Crippen MR) is 86.2 cm³/mol. The molecule has 6 heteroatoms. The summed E-state index contributed by atoms with van der Waals surface area (Å²) in [7, 11) is 0. The largest absolute Gasteiger partial charge is 0.481 e. The molecule has 2 N–H and O–H groups in total. The van der Waals surface area contributed by atoms with Gasteiger partial charge in [0.25, 0.3) is 5.91 Å². The summed E-state index contributed by atoms with van der Waals surface area (Å²) in [6, 6.07) is 11.6. The number of benzene rings is 2. The minimum absolute atomic E-state index is 0.137. The quantitative estimate of drug-likeness (QED) is 0.882. The molecule has 0 aliphatic carbocycles. The van der Waals surface area contributed by atoms with E-state index in [1.807, 2.05) is 19.1 Å². The van der Waals surface area contributed by atoms with Crippen LogP contribution in [-0.4, -0.2) is 23.8 Å². The summed E-state index contributed by atoms with van der Waals surface area (Å²) >= 11 is 0. The van der Waals surface area contributed by atoms with Gasteiger partial charge in [0, 0.05) is 5.56 Å². The topological polar surface area (TPSA) is 84.9 Å². The first-order valence-electron chi connectivity index (χ1n) is 7.52. The summed E-state index contributed by atoms with van der Waals surface area (Å²) in [4.78, 5) is 23.6. The number of ether oxygens (including phenoxy) is 2. The van der Waals surface area contributed by atoms with Gasteiger partial charge in [-0.25, -0.2) is 0 Å². The van der Waals surface area contributed by atoms with Crippen molar-refractivity contribution in [3.63, 3.8) is 0 Å². The van der Waals surface area contributed by atoms with Crippen LogP contribution in [0.5, 0.6) is 11.5 Å². The molecular weight excluding hydrogens is 310 g/mol. The molecule has 2 aromatic carbocycles. The minimum atomic E-state index is -0.998. The van der Waals surface area contributed by atoms with Crippen molar-refractivity contribution in [2.75, 3.05) is 6.79 Å². The number of amides is 1. The maximum absolute atomic E-state index is 12.4. The van der Waals surface area contributed by atoms with Crippen LogP contribution in [0.25, 0.3) is 0 Å². The Kier molecular flexibility index (Phi) is 4.37. The van der Waals surface area contributed by atoms with Gasteiger partial charge < -0.3 is 19.9 Å². The first kappa shape index (κ1) is 15.9. The molecule has 0 spiro atoms. The van der Waals surface area contributed by atoms with E-state index in [0.717, 1.165) is 5.56 Å². The fourth-order valence-electron chi connectivity index (χ4n) is 2.50. The fourth-order valence-corrected chi connectivity index (χ4v) is 2.50. The van der Waals surface area contributed by atoms with Crippen LogP contribution in [0, 0.1) is 6.92 Å². The van der Waals surface area contributed by atoms with Crippen LogP contribution in [0.15, 0.2) is 42.5 Å². The number of hydrogen-bond donors (Lipinski definition) is 2. The lowest BCUT2D eigenvalue weighted by Gasteiger charge is -2.18. The van der Waals surface area contributed by atoms with E-state index in [1.54, 1.807) is 30.3 Å². The number of hydrogen-bond acceptors (Lipinski definition) is 4. The Morgan fingerprint density at radius 3 is 2.54 bits per heavy atom. The van der Waals surface area contributed by atoms with Crippen molar-refractivity contribution >= 4 is 11.9 Å². The summed E-state index contributed by atoms with van der Waals surface area (Å²) in [5, 5.41) is 11.9. The van der Waals surface area contributed by atoms with Gasteiger partial charge in [-0.2, -0.15) is 0 Å². The molecule has 0 saturated heterocycles. The molecule has 124 valence electrons. The molecule has 1 aliphatic heterocycles. The van der Waals surface area contributed by atoms with Gasteiger partial charge in [0.15, 0.2) is 11.5 Å². The zero-order valence-corrected chi connectivity index (χ0v) is 13.1. The number of aliphatic carboxylic acids is 1. The van der Waals surface area contributed by atoms with E-state index in [1.165, 1.54) is 0 Å². The Labute approximate surface area is 139 Å². The minimum Gasteiger partial charge on any atom is -0.481 e. The molecule has 24 heavy (non-hydrogen) atoms. The Bertz CT molecular complexity index is 769. The molecule has 3 rings (SSSR count). The maximum Gasteiger partial charge on any atom is 0.305 e. The second kappa shape index (κ2) is 6.62. The van der Waals surface area contributed by atoms with Crippen LogP contribution < -0.4 is 14.8 Å². The van der Waals surface area contributed by atoms with Crippen molar-refractivity contribution in [1.29, 1.82) is 0 Å². The van der Waals surface area contributed by atoms with Crippen LogP contribution in [0.2, 0.25) is 0 Å². The van der Waals surface area contributed by atoms with E-state index in [2.05, 4.69) is 5.32 Å². The maximum atomic E-state index is 12.4. The van der Waals surface area contributed by atoms with E-state index in [0.29, 0.717) is 22.6 Å². The van der Waals surface area contributed by atoms with Crippen LogP contribution in [0.1, 0.15) is 33.9 Å². The summed E-state index contributed by atoms with van der Waals surface area (Å²) in [5.74, 6) is -0.161. The van der Waals surface area contributed by atoms with Gasteiger partial charge in [0.1, 0.15) is 0 Å². The number of nitrogens with one attached hydrogen (secondary N) is 1. The standard InChI is InChI=1S/C18H17NO5/c1-11-2-4-12(5-3-11)18(22)19-14(9-17(20)21)13-6-7-15-16(8-13)24-10-23-15/h2-8,14H,9-10H2,1H3,(H,19,22)(H,20,21)/t14-/m0/s1. The Hall–Kier alpha value is -3.02. The molecule has 1 heterocycles. The third-order valence-corrected chi connectivity index (χ3v) is 3.80. The van der Waals surface area contributed by atoms with E-state index in [9.17, 15) is 9.59 Å². The number of carboxylic acid groups (broad SMARTS) is 1. The van der Waals surface area contributed by atoms with Crippen LogP contribution in [0.3, 0.4) is 0 Å². The lowest BCUT2D eigenvalue weighted by atomic mass is 10.0. The molecule has 0 saturated carbocycles. The lowest BCUT2D eigenvalue weighted by molar-refractivity contribution is -0.137. The fraction of sp³-hybridized carbons (Fsp3) is 0.222. The van der Waals surface area contributed by atoms with E-state index < -0.39 is 12.0 Å². The second-order valence-corrected chi connectivity index (χ2v) is 5.60. The van der Waals surface area contributed by atoms with Gasteiger partial charge >= 0.3 is 5.97 Å². The van der Waals surface area contributed by atoms with Gasteiger partial charge in [0.2, 0.25) is 6.79 Å². The molecule has 1 atom stereocenters. The van der Waals surface area contributed by atoms with E-state index in [4.69, 9.17) is 14.6 Å². The number of carbonyl (C=O) groups excluding carboxylic acids is 1. The van der Waals surface area contributed by atoms with Gasteiger partial charge in [-0.05, 0) is 36.8 Å². The molecular formula is C18H17NO5. The molecule has 0 aromatic heterocycles. The third-order valence-electron chi connectivity index (χ3n) is 3.80. The monoisotopic (exact) mass is 327 g/mol. The highest BCUT2D eigenvalue weighted by Gasteiger charge is 2.22. The highest BCUT2D eigenvalue weighted by atomic mass is 16.7. The Balaban J connectivity index is 1.82. The molecule has 0 unspecified atom stereocenters. The van der Waals surface area contributed by atoms with E-state index >= 15 is 0 Å². The summed E-state index contributed by atoms with van der Waals surface area (Å²) in [6.07, 6.45) is -0.225. The highest BCUT2D eigenvalue weighted by Crippen LogP contribution is 2.34. The number of rotatable bonds is 5. The van der Waals surface area contributed by atoms with Gasteiger partial charge in [-0.3, -0.25) is 9.59 Å². The molecule has 6 nitrogen and oxygen atoms in total. The lowest BCUT2D eigenvalue weighted by Crippen LogP contribution is -2.30. The molecule has 0 radical (unpaired) electrons. The van der Waals surface area contributed by atoms with E-state index in [-0.39, 0.29) is 19.1 Å². The number of aryl methyl sites for hydroxylation is 1. The molecule has 2 aromatic rings. The molecule has 0 bridgehead atoms. The number of fused-ring (bicyclic) bond motifs is 1. The smallest absolute Gasteiger partial charge is 0.305 e. The molecule has 1 amide bonds. The average Bonchev–Trinajstić information content (AvgIpc) is 3.02. The van der Waals surface area contributed by atoms with Crippen molar-refractivity contribution in [3.05, 3.63) is 59.2 Å².